The Morgan fingerprint density at radius 3 is 2.89 bits per heavy atom. The zero-order chi connectivity index (χ0) is 18.7. The van der Waals surface area contributed by atoms with E-state index in [4.69, 9.17) is 14.2 Å². The predicted octanol–water partition coefficient (Wildman–Crippen LogP) is 2.60. The van der Waals surface area contributed by atoms with Crippen molar-refractivity contribution in [2.45, 2.75) is 32.2 Å². The molecule has 0 radical (unpaired) electrons. The quantitative estimate of drug-likeness (QED) is 0.209. The second-order valence-electron chi connectivity index (χ2n) is 7.27. The second-order valence-corrected chi connectivity index (χ2v) is 7.27. The first-order chi connectivity index (χ1) is 13.3. The Balaban J connectivity index is 0.00000280. The summed E-state index contributed by atoms with van der Waals surface area (Å²) in [7, 11) is 1.78. The topological polar surface area (TPSA) is 77.0 Å². The maximum Gasteiger partial charge on any atom is 0.213 e. The molecule has 3 rings (SSSR count). The van der Waals surface area contributed by atoms with Crippen molar-refractivity contribution in [3.63, 3.8) is 0 Å². The van der Waals surface area contributed by atoms with Crippen LogP contribution in [-0.4, -0.2) is 57.6 Å². The lowest BCUT2D eigenvalue weighted by Gasteiger charge is -2.13. The lowest BCUT2D eigenvalue weighted by molar-refractivity contribution is 0.0888. The van der Waals surface area contributed by atoms with E-state index < -0.39 is 0 Å². The summed E-state index contributed by atoms with van der Waals surface area (Å²) in [6, 6.07) is 3.98. The SMILES string of the molecule is CN=C(NCCCOCC1CCOC1)NCc1ccnc(OCC2CC2)c1.I. The van der Waals surface area contributed by atoms with E-state index in [2.05, 4.69) is 20.6 Å². The smallest absolute Gasteiger partial charge is 0.213 e. The Kier molecular flexibility index (Phi) is 10.9. The molecule has 28 heavy (non-hydrogen) atoms. The van der Waals surface area contributed by atoms with E-state index in [1.165, 1.54) is 12.8 Å². The van der Waals surface area contributed by atoms with Crippen LogP contribution in [0.1, 0.15) is 31.2 Å². The highest BCUT2D eigenvalue weighted by Crippen LogP contribution is 2.29. The first-order valence-electron chi connectivity index (χ1n) is 10.0. The Morgan fingerprint density at radius 2 is 2.14 bits per heavy atom. The van der Waals surface area contributed by atoms with E-state index >= 15 is 0 Å². The van der Waals surface area contributed by atoms with Crippen LogP contribution in [0.3, 0.4) is 0 Å². The van der Waals surface area contributed by atoms with Gasteiger partial charge in [0.25, 0.3) is 0 Å². The Hall–Kier alpha value is -1.13. The summed E-state index contributed by atoms with van der Waals surface area (Å²) in [5.41, 5.74) is 1.13. The third kappa shape index (κ3) is 8.91. The van der Waals surface area contributed by atoms with Gasteiger partial charge in [-0.3, -0.25) is 4.99 Å². The molecule has 158 valence electrons. The molecule has 7 nitrogen and oxygen atoms in total. The molecule has 1 aromatic rings. The monoisotopic (exact) mass is 504 g/mol. The maximum absolute atomic E-state index is 5.74. The van der Waals surface area contributed by atoms with Crippen LogP contribution >= 0.6 is 24.0 Å². The third-order valence-electron chi connectivity index (χ3n) is 4.78. The van der Waals surface area contributed by atoms with Gasteiger partial charge in [0.05, 0.1) is 19.8 Å². The lowest BCUT2D eigenvalue weighted by atomic mass is 10.1. The second kappa shape index (κ2) is 13.2. The minimum atomic E-state index is 0. The number of aliphatic imine (C=N–C) groups is 1. The van der Waals surface area contributed by atoms with Gasteiger partial charge in [-0.05, 0) is 43.2 Å². The molecule has 0 spiro atoms. The number of rotatable bonds is 11. The van der Waals surface area contributed by atoms with Gasteiger partial charge in [0.2, 0.25) is 5.88 Å². The average molecular weight is 504 g/mol. The number of guanidine groups is 1. The molecule has 2 aliphatic rings. The van der Waals surface area contributed by atoms with Gasteiger partial charge < -0.3 is 24.8 Å². The largest absolute Gasteiger partial charge is 0.477 e. The van der Waals surface area contributed by atoms with Gasteiger partial charge in [0.15, 0.2) is 5.96 Å². The van der Waals surface area contributed by atoms with Crippen molar-refractivity contribution >= 4 is 29.9 Å². The molecule has 1 unspecified atom stereocenters. The fourth-order valence-corrected chi connectivity index (χ4v) is 2.88. The van der Waals surface area contributed by atoms with Crippen LogP contribution in [0.15, 0.2) is 23.3 Å². The van der Waals surface area contributed by atoms with E-state index in [9.17, 15) is 0 Å². The van der Waals surface area contributed by atoms with E-state index in [-0.39, 0.29) is 24.0 Å². The van der Waals surface area contributed by atoms with Crippen molar-refractivity contribution in [2.24, 2.45) is 16.8 Å². The van der Waals surface area contributed by atoms with Gasteiger partial charge in [0, 0.05) is 51.5 Å². The maximum atomic E-state index is 5.74. The molecule has 8 heteroatoms. The lowest BCUT2D eigenvalue weighted by Crippen LogP contribution is -2.37. The summed E-state index contributed by atoms with van der Waals surface area (Å²) in [6.45, 7) is 5.57. The van der Waals surface area contributed by atoms with Gasteiger partial charge in [0.1, 0.15) is 0 Å². The Morgan fingerprint density at radius 1 is 1.25 bits per heavy atom. The third-order valence-corrected chi connectivity index (χ3v) is 4.78. The molecule has 1 saturated carbocycles. The molecule has 2 heterocycles. The van der Waals surface area contributed by atoms with E-state index in [0.717, 1.165) is 69.9 Å². The van der Waals surface area contributed by atoms with Gasteiger partial charge in [-0.15, -0.1) is 24.0 Å². The molecule has 0 bridgehead atoms. The molecule has 2 fully saturated rings. The zero-order valence-corrected chi connectivity index (χ0v) is 19.0. The summed E-state index contributed by atoms with van der Waals surface area (Å²) >= 11 is 0. The van der Waals surface area contributed by atoms with Gasteiger partial charge in [-0.25, -0.2) is 4.98 Å². The molecule has 1 saturated heterocycles. The molecule has 2 N–H and O–H groups in total. The van der Waals surface area contributed by atoms with Crippen LogP contribution in [0.5, 0.6) is 5.88 Å². The number of halogens is 1. The molecule has 1 atom stereocenters. The van der Waals surface area contributed by atoms with Crippen molar-refractivity contribution in [1.82, 2.24) is 15.6 Å². The fraction of sp³-hybridized carbons (Fsp3) is 0.700. The van der Waals surface area contributed by atoms with Crippen LogP contribution in [0.2, 0.25) is 0 Å². The molecule has 1 aliphatic heterocycles. The van der Waals surface area contributed by atoms with Crippen LogP contribution < -0.4 is 15.4 Å². The summed E-state index contributed by atoms with van der Waals surface area (Å²) < 4.78 is 16.8. The fourth-order valence-electron chi connectivity index (χ4n) is 2.88. The highest BCUT2D eigenvalue weighted by atomic mass is 127. The number of nitrogens with zero attached hydrogens (tertiary/aromatic N) is 2. The summed E-state index contributed by atoms with van der Waals surface area (Å²) in [4.78, 5) is 8.54. The summed E-state index contributed by atoms with van der Waals surface area (Å²) in [6.07, 6.45) is 6.43. The van der Waals surface area contributed by atoms with Gasteiger partial charge in [-0.1, -0.05) is 0 Å². The minimum Gasteiger partial charge on any atom is -0.477 e. The highest BCUT2D eigenvalue weighted by molar-refractivity contribution is 14.0. The van der Waals surface area contributed by atoms with Crippen LogP contribution in [0.4, 0.5) is 0 Å². The van der Waals surface area contributed by atoms with E-state index in [1.807, 2.05) is 12.1 Å². The molecule has 1 aromatic heterocycles. The standard InChI is InChI=1S/C20H32N4O3.HI/c1-21-20(23-7-2-9-25-13-18-6-10-26-14-18)24-12-17-5-8-22-19(11-17)27-15-16-3-4-16;/h5,8,11,16,18H,2-4,6-7,9-10,12-15H2,1H3,(H2,21,23,24);1H. The van der Waals surface area contributed by atoms with Crippen LogP contribution in [0.25, 0.3) is 0 Å². The van der Waals surface area contributed by atoms with Gasteiger partial charge in [-0.2, -0.15) is 0 Å². The average Bonchev–Trinajstić information content (AvgIpc) is 3.39. The number of aromatic nitrogens is 1. The van der Waals surface area contributed by atoms with Crippen molar-refractivity contribution in [2.75, 3.05) is 46.6 Å². The van der Waals surface area contributed by atoms with Crippen molar-refractivity contribution in [1.29, 1.82) is 0 Å². The Bertz CT molecular complexity index is 593. The predicted molar refractivity (Wildman–Crippen MR) is 120 cm³/mol. The number of hydrogen-bond donors (Lipinski definition) is 2. The molecule has 0 aromatic carbocycles. The number of ether oxygens (including phenoxy) is 3. The Labute approximate surface area is 185 Å². The number of nitrogens with one attached hydrogen (secondary N) is 2. The number of hydrogen-bond acceptors (Lipinski definition) is 5. The summed E-state index contributed by atoms with van der Waals surface area (Å²) in [5, 5.41) is 6.64. The highest BCUT2D eigenvalue weighted by Gasteiger charge is 2.22. The van der Waals surface area contributed by atoms with Crippen LogP contribution in [-0.2, 0) is 16.0 Å². The molecule has 1 aliphatic carbocycles. The first-order valence-corrected chi connectivity index (χ1v) is 10.0. The van der Waals surface area contributed by atoms with Gasteiger partial charge >= 0.3 is 0 Å². The van der Waals surface area contributed by atoms with Crippen molar-refractivity contribution in [3.8, 4) is 5.88 Å². The van der Waals surface area contributed by atoms with E-state index in [0.29, 0.717) is 18.3 Å². The van der Waals surface area contributed by atoms with Crippen molar-refractivity contribution < 1.29 is 14.2 Å². The van der Waals surface area contributed by atoms with Crippen molar-refractivity contribution in [3.05, 3.63) is 23.9 Å². The zero-order valence-electron chi connectivity index (χ0n) is 16.7. The minimum absolute atomic E-state index is 0. The molecular weight excluding hydrogens is 471 g/mol. The molecular formula is C20H33IN4O3. The van der Waals surface area contributed by atoms with Crippen LogP contribution in [0, 0.1) is 11.8 Å². The van der Waals surface area contributed by atoms with E-state index in [1.54, 1.807) is 13.2 Å². The number of pyridine rings is 1. The summed E-state index contributed by atoms with van der Waals surface area (Å²) in [5.74, 6) is 2.79. The first kappa shape index (κ1) is 23.2. The normalized spacial score (nSPS) is 19.2. The molecule has 0 amide bonds.